The Kier molecular flexibility index (Phi) is 21.8. The molecule has 18 heteroatoms. The monoisotopic (exact) mass is 880 g/mol. The lowest BCUT2D eigenvalue weighted by atomic mass is 10.2. The van der Waals surface area contributed by atoms with Crippen molar-refractivity contribution in [2.45, 2.75) is 39.1 Å². The fraction of sp³-hybridized carbons (Fsp3) is 0.205. The Labute approximate surface area is 383 Å². The van der Waals surface area contributed by atoms with Crippen LogP contribution in [0.5, 0.6) is 5.75 Å². The van der Waals surface area contributed by atoms with Crippen LogP contribution < -0.4 is 10.4 Å². The van der Waals surface area contributed by atoms with Crippen LogP contribution in [0.15, 0.2) is 57.1 Å². The number of thiol groups is 1. The van der Waals surface area contributed by atoms with Gasteiger partial charge in [-0.3, -0.25) is 9.47 Å². The van der Waals surface area contributed by atoms with Crippen LogP contribution in [0.2, 0.25) is 0 Å². The van der Waals surface area contributed by atoms with Gasteiger partial charge in [-0.2, -0.15) is 19.4 Å². The maximum Gasteiger partial charge on any atom is 0.352 e. The van der Waals surface area contributed by atoms with Crippen LogP contribution in [-0.2, 0) is 27.1 Å². The van der Waals surface area contributed by atoms with E-state index in [1.165, 1.54) is 15.7 Å². The molecule has 3 aromatic heterocycles. The number of rotatable bonds is 9. The summed E-state index contributed by atoms with van der Waals surface area (Å²) in [5.41, 5.74) is 7.52. The molecule has 1 fully saturated rings. The van der Waals surface area contributed by atoms with Gasteiger partial charge in [-0.05, 0) is 143 Å². The first-order chi connectivity index (χ1) is 30.3. The number of ether oxygens (including phenoxy) is 2. The van der Waals surface area contributed by atoms with Crippen molar-refractivity contribution in [1.82, 2.24) is 29.4 Å². The molecule has 1 saturated heterocycles. The number of morpholine rings is 1. The molecule has 0 spiro atoms. The van der Waals surface area contributed by atoms with Gasteiger partial charge in [-0.25, -0.2) is 15.0 Å². The highest BCUT2D eigenvalue weighted by Gasteiger charge is 2.24. The molecule has 326 valence electrons. The molecule has 0 unspecified atom stereocenters. The molecule has 16 nitrogen and oxygen atoms in total. The van der Waals surface area contributed by atoms with E-state index < -0.39 is 0 Å². The van der Waals surface area contributed by atoms with Gasteiger partial charge in [-0.15, -0.1) is 24.2 Å². The fourth-order valence-corrected chi connectivity index (χ4v) is 6.24. The summed E-state index contributed by atoms with van der Waals surface area (Å²) < 4.78 is 18.1. The molecule has 1 aliphatic rings. The number of benzene rings is 1. The molecule has 5 rings (SSSR count). The quantitative estimate of drug-likeness (QED) is 0.0418. The molecular weight excluding hydrogens is 829 g/mol. The van der Waals surface area contributed by atoms with Gasteiger partial charge >= 0.3 is 5.69 Å². The van der Waals surface area contributed by atoms with E-state index in [0.717, 1.165) is 41.2 Å². The van der Waals surface area contributed by atoms with Crippen LogP contribution in [0.25, 0.3) is 15.9 Å². The van der Waals surface area contributed by atoms with Gasteiger partial charge in [0.15, 0.2) is 5.65 Å². The highest BCUT2D eigenvalue weighted by atomic mass is 32.1. The number of hydrogen-bond acceptors (Lipinski definition) is 13. The number of methoxy groups -OCH3 is 1. The van der Waals surface area contributed by atoms with Crippen molar-refractivity contribution in [3.8, 4) is 137 Å². The van der Waals surface area contributed by atoms with Gasteiger partial charge in [-0.1, -0.05) is 17.1 Å². The predicted molar refractivity (Wildman–Crippen MR) is 257 cm³/mol. The molecule has 62 heavy (non-hydrogen) atoms. The lowest BCUT2D eigenvalue weighted by Crippen LogP contribution is -2.44. The Morgan fingerprint density at radius 2 is 1.42 bits per heavy atom. The zero-order chi connectivity index (χ0) is 44.8. The normalized spacial score (nSPS) is 12.8. The van der Waals surface area contributed by atoms with Gasteiger partial charge in [0, 0.05) is 87.4 Å². The average molecular weight is 881 g/mol. The zero-order valence-corrected chi connectivity index (χ0v) is 34.7. The third-order valence-electron chi connectivity index (χ3n) is 7.09. The molecule has 2 atom stereocenters. The average Bonchev–Trinajstić information content (AvgIpc) is 3.94. The molecule has 0 aliphatic carbocycles. The van der Waals surface area contributed by atoms with E-state index >= 15 is 0 Å². The number of fused-ring (bicyclic) bond motifs is 3. The standard InChI is InChI=1S/C22H25N5O3S.C22H2.H3N5O3S.11H2/c1-14-9-25(10-15(2)30-14)12-18-8-19-20-23-13-24-27(20)22(28)26(21(19)31-18)11-16-4-6-17(29-3)7-5-16;1-3-5-7-9-11-13-15-17-19-21-22-20-18-16-14-12-10-8-6-4-2;1-2-3-4-5(7-6)8-9;;;;;;;;;;;/h4-8,13-15H,9-12H2,1-3H3;1-2H;1,6,9H;11*1H/b;;2-1?,4-3+;;;;;;;;;;;/t14-,15+;;;;;;;;;;;;;. The van der Waals surface area contributed by atoms with Crippen LogP contribution in [0, 0.1) is 137 Å². The molecule has 4 aromatic rings. The van der Waals surface area contributed by atoms with Crippen molar-refractivity contribution in [3.63, 3.8) is 0 Å². The summed E-state index contributed by atoms with van der Waals surface area (Å²) in [6, 6.07) is 9.93. The van der Waals surface area contributed by atoms with Crippen LogP contribution in [0.1, 0.15) is 40.0 Å². The second-order valence-corrected chi connectivity index (χ2v) is 12.6. The third kappa shape index (κ3) is 16.9. The third-order valence-corrected chi connectivity index (χ3v) is 8.37. The van der Waals surface area contributed by atoms with Gasteiger partial charge in [0.25, 0.3) is 0 Å². The number of terminal acetylenes is 2. The minimum absolute atomic E-state index is 0. The first kappa shape index (κ1) is 48.0. The Morgan fingerprint density at radius 3 is 1.87 bits per heavy atom. The van der Waals surface area contributed by atoms with Crippen molar-refractivity contribution in [3.05, 3.63) is 57.6 Å². The number of nitrogens with zero attached hydrogens (tertiary/aromatic N) is 9. The van der Waals surface area contributed by atoms with Gasteiger partial charge < -0.3 is 9.47 Å². The van der Waals surface area contributed by atoms with Crippen molar-refractivity contribution >= 4 is 40.1 Å². The fourth-order valence-electron chi connectivity index (χ4n) is 5.00. The van der Waals surface area contributed by atoms with E-state index in [0.29, 0.717) is 12.2 Å². The highest BCUT2D eigenvalue weighted by molar-refractivity contribution is 7.75. The van der Waals surface area contributed by atoms with Crippen LogP contribution in [0.4, 0.5) is 0 Å². The van der Waals surface area contributed by atoms with Crippen LogP contribution >= 0.6 is 24.2 Å². The zero-order valence-electron chi connectivity index (χ0n) is 33.0. The molecule has 1 aliphatic heterocycles. The first-order valence-electron chi connectivity index (χ1n) is 17.3. The van der Waals surface area contributed by atoms with E-state index in [9.17, 15) is 4.79 Å². The lowest BCUT2D eigenvalue weighted by molar-refractivity contribution is -0.478. The molecule has 1 aromatic carbocycles. The highest BCUT2D eigenvalue weighted by Crippen LogP contribution is 2.29. The SMILES string of the molecule is C#CC#CC#CC#CC#CC#CC#CC#CC#CC#CC#C.COc1ccc(Cn2c(=O)n3ncnc3c3cc(CN4C[C@@H](C)O[C@@H](C)C4)sc32)cc1.N=N/N=N/N(OO)OS.[HH].[HH].[HH].[HH].[HH].[HH].[HH].[HH].[HH].[HH].[HH]. The van der Waals surface area contributed by atoms with E-state index in [-0.39, 0.29) is 38.9 Å². The lowest BCUT2D eigenvalue weighted by Gasteiger charge is -2.34. The van der Waals surface area contributed by atoms with Crippen molar-refractivity contribution in [2.75, 3.05) is 20.2 Å². The van der Waals surface area contributed by atoms with Crippen molar-refractivity contribution < 1.29 is 39.7 Å². The maximum atomic E-state index is 13.2. The number of aromatic nitrogens is 4. The molecule has 0 amide bonds. The van der Waals surface area contributed by atoms with E-state index in [4.69, 9.17) is 33.1 Å². The maximum absolute atomic E-state index is 13.2. The number of thiophene rings is 1. The topological polar surface area (TPSA) is 177 Å². The van der Waals surface area contributed by atoms with E-state index in [2.05, 4.69) is 191 Å². The summed E-state index contributed by atoms with van der Waals surface area (Å²) in [5, 5.41) is 20.9. The van der Waals surface area contributed by atoms with E-state index in [1.54, 1.807) is 23.0 Å². The molecule has 0 saturated carbocycles. The molecule has 4 heterocycles. The second-order valence-electron chi connectivity index (χ2n) is 11.3. The Morgan fingerprint density at radius 1 is 0.903 bits per heavy atom. The molecule has 0 radical (unpaired) electrons. The summed E-state index contributed by atoms with van der Waals surface area (Å²) in [7, 11) is 1.64. The summed E-state index contributed by atoms with van der Waals surface area (Å²) >= 11 is 4.81. The minimum Gasteiger partial charge on any atom is -0.497 e. The summed E-state index contributed by atoms with van der Waals surface area (Å²) in [6.45, 7) is 7.31. The molecule has 0 bridgehead atoms. The molecule has 2 N–H and O–H groups in total. The van der Waals surface area contributed by atoms with Gasteiger partial charge in [0.05, 0.1) is 31.2 Å². The Hall–Kier alpha value is -8.36. The largest absolute Gasteiger partial charge is 0.497 e. The summed E-state index contributed by atoms with van der Waals surface area (Å²) in [5.74, 6) is 49.0. The first-order valence-corrected chi connectivity index (χ1v) is 18.4. The molecular formula is C44H52N10O6S2. The minimum atomic E-state index is -0.183. The van der Waals surface area contributed by atoms with Gasteiger partial charge in [0.1, 0.15) is 16.9 Å². The van der Waals surface area contributed by atoms with Crippen LogP contribution in [0.3, 0.4) is 0 Å². The number of nitrogens with one attached hydrogen (secondary N) is 1. The van der Waals surface area contributed by atoms with Crippen LogP contribution in [-0.4, -0.2) is 67.1 Å². The smallest absolute Gasteiger partial charge is 0.352 e. The summed E-state index contributed by atoms with van der Waals surface area (Å²) in [6.07, 6.45) is 11.7. The number of hydrogen-bond donors (Lipinski definition) is 3. The van der Waals surface area contributed by atoms with Gasteiger partial charge in [0.2, 0.25) is 0 Å². The van der Waals surface area contributed by atoms with Crippen molar-refractivity contribution in [2.24, 2.45) is 15.7 Å². The Bertz CT molecular complexity index is 2940. The second kappa shape index (κ2) is 28.1. The predicted octanol–water partition coefficient (Wildman–Crippen LogP) is 6.54. The summed E-state index contributed by atoms with van der Waals surface area (Å²) in [4.78, 5) is 25.4. The van der Waals surface area contributed by atoms with Crippen molar-refractivity contribution in [1.29, 1.82) is 5.53 Å². The Balaban J connectivity index is -0.000000125. The van der Waals surface area contributed by atoms with E-state index in [1.807, 2.05) is 24.3 Å².